The lowest BCUT2D eigenvalue weighted by molar-refractivity contribution is -0.150. The van der Waals surface area contributed by atoms with Gasteiger partial charge < -0.3 is 9.64 Å². The monoisotopic (exact) mass is 289 g/mol. The Morgan fingerprint density at radius 3 is 2.52 bits per heavy atom. The van der Waals surface area contributed by atoms with Crippen LogP contribution in [0.25, 0.3) is 0 Å². The van der Waals surface area contributed by atoms with Gasteiger partial charge in [-0.15, -0.1) is 0 Å². The third kappa shape index (κ3) is 2.94. The van der Waals surface area contributed by atoms with E-state index in [1.807, 2.05) is 32.0 Å². The largest absolute Gasteiger partial charge is 0.468 e. The standard InChI is InChI=1S/C17H23NO3/c1-4-18(12-15(19)21-3)16(20)17(9-6-10-17)14-8-5-7-13(2)11-14/h5,7-8,11H,4,6,9-10,12H2,1-3H3. The highest BCUT2D eigenvalue weighted by molar-refractivity contribution is 5.91. The molecule has 4 heteroatoms. The molecule has 1 saturated carbocycles. The van der Waals surface area contributed by atoms with Crippen molar-refractivity contribution in [2.45, 2.75) is 38.5 Å². The number of ether oxygens (including phenoxy) is 1. The maximum absolute atomic E-state index is 13.0. The Bertz CT molecular complexity index is 535. The number of hydrogen-bond donors (Lipinski definition) is 0. The molecular weight excluding hydrogens is 266 g/mol. The van der Waals surface area contributed by atoms with Gasteiger partial charge in [-0.25, -0.2) is 0 Å². The van der Waals surface area contributed by atoms with Gasteiger partial charge >= 0.3 is 5.97 Å². The molecule has 0 bridgehead atoms. The summed E-state index contributed by atoms with van der Waals surface area (Å²) in [6.45, 7) is 4.47. The van der Waals surface area contributed by atoms with Crippen molar-refractivity contribution >= 4 is 11.9 Å². The van der Waals surface area contributed by atoms with Gasteiger partial charge in [-0.2, -0.15) is 0 Å². The van der Waals surface area contributed by atoms with Crippen molar-refractivity contribution < 1.29 is 14.3 Å². The summed E-state index contributed by atoms with van der Waals surface area (Å²) >= 11 is 0. The molecule has 0 radical (unpaired) electrons. The van der Waals surface area contributed by atoms with E-state index in [-0.39, 0.29) is 18.4 Å². The lowest BCUT2D eigenvalue weighted by Gasteiger charge is -2.43. The van der Waals surface area contributed by atoms with E-state index >= 15 is 0 Å². The van der Waals surface area contributed by atoms with E-state index in [0.29, 0.717) is 6.54 Å². The lowest BCUT2D eigenvalue weighted by Crippen LogP contribution is -2.52. The second kappa shape index (κ2) is 6.29. The number of amides is 1. The summed E-state index contributed by atoms with van der Waals surface area (Å²) in [6.07, 6.45) is 2.76. The van der Waals surface area contributed by atoms with Crippen molar-refractivity contribution in [3.05, 3.63) is 35.4 Å². The Hall–Kier alpha value is -1.84. The zero-order valence-electron chi connectivity index (χ0n) is 13.0. The summed E-state index contributed by atoms with van der Waals surface area (Å²) < 4.78 is 4.69. The minimum absolute atomic E-state index is 0.0272. The van der Waals surface area contributed by atoms with Crippen LogP contribution >= 0.6 is 0 Å². The summed E-state index contributed by atoms with van der Waals surface area (Å²) in [6, 6.07) is 8.14. The number of carbonyl (C=O) groups is 2. The molecule has 0 heterocycles. The highest BCUT2D eigenvalue weighted by atomic mass is 16.5. The molecular formula is C17H23NO3. The average Bonchev–Trinajstić information content (AvgIpc) is 2.43. The Labute approximate surface area is 126 Å². The molecule has 4 nitrogen and oxygen atoms in total. The van der Waals surface area contributed by atoms with E-state index < -0.39 is 5.41 Å². The summed E-state index contributed by atoms with van der Waals surface area (Å²) in [5.74, 6) is -0.323. The van der Waals surface area contributed by atoms with Crippen LogP contribution in [-0.2, 0) is 19.7 Å². The van der Waals surface area contributed by atoms with Crippen molar-refractivity contribution in [1.29, 1.82) is 0 Å². The zero-order valence-corrected chi connectivity index (χ0v) is 13.0. The Kier molecular flexibility index (Phi) is 4.66. The van der Waals surface area contributed by atoms with Crippen LogP contribution in [0.1, 0.15) is 37.3 Å². The third-order valence-electron chi connectivity index (χ3n) is 4.40. The first-order valence-corrected chi connectivity index (χ1v) is 7.47. The number of benzene rings is 1. The molecule has 0 aromatic heterocycles. The first-order chi connectivity index (χ1) is 10.0. The van der Waals surface area contributed by atoms with Gasteiger partial charge in [-0.1, -0.05) is 36.2 Å². The van der Waals surface area contributed by atoms with Crippen LogP contribution in [0.3, 0.4) is 0 Å². The summed E-state index contributed by atoms with van der Waals surface area (Å²) in [4.78, 5) is 26.1. The smallest absolute Gasteiger partial charge is 0.325 e. The normalized spacial score (nSPS) is 16.0. The fourth-order valence-corrected chi connectivity index (χ4v) is 2.95. The van der Waals surface area contributed by atoms with Crippen molar-refractivity contribution in [3.8, 4) is 0 Å². The van der Waals surface area contributed by atoms with E-state index in [1.54, 1.807) is 4.90 Å². The predicted octanol–water partition coefficient (Wildman–Crippen LogP) is 2.44. The molecule has 1 fully saturated rings. The highest BCUT2D eigenvalue weighted by Gasteiger charge is 2.47. The number of nitrogens with zero attached hydrogens (tertiary/aromatic N) is 1. The highest BCUT2D eigenvalue weighted by Crippen LogP contribution is 2.45. The van der Waals surface area contributed by atoms with Crippen molar-refractivity contribution in [2.75, 3.05) is 20.2 Å². The van der Waals surface area contributed by atoms with Gasteiger partial charge in [0, 0.05) is 6.54 Å². The molecule has 1 aromatic carbocycles. The molecule has 1 amide bonds. The Balaban J connectivity index is 2.27. The summed E-state index contributed by atoms with van der Waals surface area (Å²) in [5.41, 5.74) is 1.78. The van der Waals surface area contributed by atoms with Gasteiger partial charge in [0.1, 0.15) is 6.54 Å². The number of hydrogen-bond acceptors (Lipinski definition) is 3. The molecule has 1 aromatic rings. The second-order valence-electron chi connectivity index (χ2n) is 5.70. The third-order valence-corrected chi connectivity index (χ3v) is 4.40. The lowest BCUT2D eigenvalue weighted by atomic mass is 9.63. The van der Waals surface area contributed by atoms with Crippen LogP contribution in [0.2, 0.25) is 0 Å². The van der Waals surface area contributed by atoms with Crippen LogP contribution < -0.4 is 0 Å². The number of methoxy groups -OCH3 is 1. The van der Waals surface area contributed by atoms with Gasteiger partial charge in [0.05, 0.1) is 12.5 Å². The van der Waals surface area contributed by atoms with E-state index in [1.165, 1.54) is 7.11 Å². The van der Waals surface area contributed by atoms with E-state index in [4.69, 9.17) is 0 Å². The molecule has 0 spiro atoms. The van der Waals surface area contributed by atoms with Gasteiger partial charge in [0.2, 0.25) is 5.91 Å². The molecule has 1 aliphatic rings. The van der Waals surface area contributed by atoms with Crippen molar-refractivity contribution in [2.24, 2.45) is 0 Å². The molecule has 0 atom stereocenters. The van der Waals surface area contributed by atoms with Crippen LogP contribution in [0, 0.1) is 6.92 Å². The zero-order chi connectivity index (χ0) is 15.5. The number of likely N-dealkylation sites (N-methyl/N-ethyl adjacent to an activating group) is 1. The minimum Gasteiger partial charge on any atom is -0.468 e. The van der Waals surface area contributed by atoms with E-state index in [9.17, 15) is 9.59 Å². The molecule has 0 saturated heterocycles. The fraction of sp³-hybridized carbons (Fsp3) is 0.529. The molecule has 2 rings (SSSR count). The number of esters is 1. The SMILES string of the molecule is CCN(CC(=O)OC)C(=O)C1(c2cccc(C)c2)CCC1. The average molecular weight is 289 g/mol. The van der Waals surface area contributed by atoms with Gasteiger partial charge in [0.15, 0.2) is 0 Å². The molecule has 1 aliphatic carbocycles. The van der Waals surface area contributed by atoms with Crippen LogP contribution in [0.15, 0.2) is 24.3 Å². The first-order valence-electron chi connectivity index (χ1n) is 7.47. The predicted molar refractivity (Wildman–Crippen MR) is 81.0 cm³/mol. The Morgan fingerprint density at radius 1 is 1.33 bits per heavy atom. The summed E-state index contributed by atoms with van der Waals surface area (Å²) in [7, 11) is 1.35. The van der Waals surface area contributed by atoms with Gasteiger partial charge in [-0.05, 0) is 32.3 Å². The quantitative estimate of drug-likeness (QED) is 0.782. The number of aryl methyl sites for hydroxylation is 1. The van der Waals surface area contributed by atoms with Crippen LogP contribution in [0.4, 0.5) is 0 Å². The van der Waals surface area contributed by atoms with Gasteiger partial charge in [0.25, 0.3) is 0 Å². The van der Waals surface area contributed by atoms with Crippen molar-refractivity contribution in [3.63, 3.8) is 0 Å². The maximum Gasteiger partial charge on any atom is 0.325 e. The topological polar surface area (TPSA) is 46.6 Å². The van der Waals surface area contributed by atoms with Crippen LogP contribution in [-0.4, -0.2) is 37.0 Å². The van der Waals surface area contributed by atoms with Gasteiger partial charge in [-0.3, -0.25) is 9.59 Å². The molecule has 21 heavy (non-hydrogen) atoms. The number of carbonyl (C=O) groups excluding carboxylic acids is 2. The maximum atomic E-state index is 13.0. The minimum atomic E-state index is -0.448. The molecule has 0 aliphatic heterocycles. The second-order valence-corrected chi connectivity index (χ2v) is 5.70. The molecule has 114 valence electrons. The Morgan fingerprint density at radius 2 is 2.05 bits per heavy atom. The molecule has 0 N–H and O–H groups in total. The molecule has 0 unspecified atom stereocenters. The van der Waals surface area contributed by atoms with E-state index in [2.05, 4.69) is 10.8 Å². The summed E-state index contributed by atoms with van der Waals surface area (Å²) in [5, 5.41) is 0. The van der Waals surface area contributed by atoms with E-state index in [0.717, 1.165) is 30.4 Å². The number of rotatable bonds is 5. The fourth-order valence-electron chi connectivity index (χ4n) is 2.95. The first kappa shape index (κ1) is 15.5. The van der Waals surface area contributed by atoms with Crippen LogP contribution in [0.5, 0.6) is 0 Å². The van der Waals surface area contributed by atoms with Crippen molar-refractivity contribution in [1.82, 2.24) is 4.90 Å².